The van der Waals surface area contributed by atoms with Gasteiger partial charge in [0.25, 0.3) is 0 Å². The minimum atomic E-state index is 0.142. The Balaban J connectivity index is 1.77. The monoisotopic (exact) mass is 268 g/mol. The molecule has 0 fully saturated rings. The van der Waals surface area contributed by atoms with Crippen LogP contribution in [0.4, 0.5) is 5.95 Å². The Morgan fingerprint density at radius 3 is 2.75 bits per heavy atom. The maximum absolute atomic E-state index is 11.9. The third-order valence-corrected chi connectivity index (χ3v) is 3.49. The molecule has 0 saturated heterocycles. The van der Waals surface area contributed by atoms with E-state index in [0.717, 1.165) is 12.1 Å². The molecule has 1 aromatic carbocycles. The summed E-state index contributed by atoms with van der Waals surface area (Å²) in [7, 11) is 0. The van der Waals surface area contributed by atoms with Crippen LogP contribution in [0.1, 0.15) is 29.9 Å². The Hall–Kier alpha value is -2.43. The number of aryl methyl sites for hydroxylation is 1. The summed E-state index contributed by atoms with van der Waals surface area (Å²) in [5, 5.41) is 9.63. The summed E-state index contributed by atoms with van der Waals surface area (Å²) in [6, 6.07) is 8.37. The lowest BCUT2D eigenvalue weighted by atomic mass is 9.85. The molecule has 5 heteroatoms. The average Bonchev–Trinajstić information content (AvgIpc) is 2.91. The Bertz CT molecular complexity index is 628. The number of H-pyrrole nitrogens is 1. The molecule has 0 aliphatic heterocycles. The summed E-state index contributed by atoms with van der Waals surface area (Å²) >= 11 is 0. The number of benzene rings is 1. The Morgan fingerprint density at radius 1 is 1.25 bits per heavy atom. The van der Waals surface area contributed by atoms with Gasteiger partial charge in [-0.15, -0.1) is 0 Å². The largest absolute Gasteiger partial charge is 0.328 e. The van der Waals surface area contributed by atoms with Crippen molar-refractivity contribution in [2.24, 2.45) is 0 Å². The van der Waals surface area contributed by atoms with Crippen LogP contribution in [0.5, 0.6) is 0 Å². The smallest absolute Gasteiger partial charge is 0.222 e. The van der Waals surface area contributed by atoms with Crippen LogP contribution in [-0.4, -0.2) is 21.0 Å². The molecule has 0 radical (unpaired) electrons. The highest BCUT2D eigenvalue weighted by atomic mass is 16.1. The van der Waals surface area contributed by atoms with Crippen molar-refractivity contribution in [2.75, 3.05) is 5.32 Å². The number of hydrogen-bond donors (Lipinski definition) is 2. The zero-order valence-corrected chi connectivity index (χ0v) is 11.3. The molecule has 1 aliphatic rings. The number of carbonyl (C=O) groups excluding carboxylic acids is 1. The molecule has 0 unspecified atom stereocenters. The van der Waals surface area contributed by atoms with Crippen molar-refractivity contribution < 1.29 is 4.79 Å². The second-order valence-electron chi connectivity index (χ2n) is 5.11. The first-order valence-electron chi connectivity index (χ1n) is 6.63. The third kappa shape index (κ3) is 2.77. The molecule has 20 heavy (non-hydrogen) atoms. The van der Waals surface area contributed by atoms with Gasteiger partial charge in [-0.25, -0.2) is 5.10 Å². The number of allylic oxidation sites excluding steroid dienone is 2. The number of aromatic nitrogens is 3. The standard InChI is InChI=1S/C15H16N4O/c1-10-2-4-11(5-3-10)12-6-13(8-14(20)7-12)18-15-16-9-17-19-15/h2-5,8-9,12H,6-7H2,1H3,(H2,16,17,18,19)/t12-/m1/s1. The summed E-state index contributed by atoms with van der Waals surface area (Å²) in [5.74, 6) is 0.927. The molecule has 0 amide bonds. The van der Waals surface area contributed by atoms with E-state index in [9.17, 15) is 4.79 Å². The summed E-state index contributed by atoms with van der Waals surface area (Å²) in [5.41, 5.74) is 3.31. The SMILES string of the molecule is Cc1ccc([C@H]2CC(=O)C=C(Nc3ncn[nH]3)C2)cc1. The predicted molar refractivity (Wildman–Crippen MR) is 76.2 cm³/mol. The van der Waals surface area contributed by atoms with Gasteiger partial charge in [0.05, 0.1) is 0 Å². The van der Waals surface area contributed by atoms with E-state index in [2.05, 4.69) is 51.7 Å². The number of anilines is 1. The van der Waals surface area contributed by atoms with E-state index < -0.39 is 0 Å². The van der Waals surface area contributed by atoms with Crippen LogP contribution in [0.3, 0.4) is 0 Å². The molecule has 0 bridgehead atoms. The highest BCUT2D eigenvalue weighted by Gasteiger charge is 2.22. The van der Waals surface area contributed by atoms with Gasteiger partial charge in [0, 0.05) is 18.2 Å². The van der Waals surface area contributed by atoms with Gasteiger partial charge in [0.2, 0.25) is 5.95 Å². The number of rotatable bonds is 3. The maximum Gasteiger partial charge on any atom is 0.222 e. The second kappa shape index (κ2) is 5.28. The Labute approximate surface area is 117 Å². The molecule has 2 N–H and O–H groups in total. The number of ketones is 1. The average molecular weight is 268 g/mol. The van der Waals surface area contributed by atoms with E-state index >= 15 is 0 Å². The molecule has 3 rings (SSSR count). The third-order valence-electron chi connectivity index (χ3n) is 3.49. The molecule has 1 aromatic heterocycles. The quantitative estimate of drug-likeness (QED) is 0.897. The van der Waals surface area contributed by atoms with Crippen molar-refractivity contribution in [1.82, 2.24) is 15.2 Å². The van der Waals surface area contributed by atoms with Gasteiger partial charge in [-0.1, -0.05) is 29.8 Å². The lowest BCUT2D eigenvalue weighted by Crippen LogP contribution is -2.17. The highest BCUT2D eigenvalue weighted by Crippen LogP contribution is 2.31. The first-order valence-corrected chi connectivity index (χ1v) is 6.63. The first kappa shape index (κ1) is 12.6. The van der Waals surface area contributed by atoms with Crippen molar-refractivity contribution in [3.8, 4) is 0 Å². The van der Waals surface area contributed by atoms with Crippen LogP contribution >= 0.6 is 0 Å². The molecule has 0 saturated carbocycles. The maximum atomic E-state index is 11.9. The van der Waals surface area contributed by atoms with Crippen molar-refractivity contribution in [2.45, 2.75) is 25.7 Å². The topological polar surface area (TPSA) is 70.7 Å². The number of aromatic amines is 1. The van der Waals surface area contributed by atoms with Gasteiger partial charge < -0.3 is 5.32 Å². The number of nitrogens with zero attached hydrogens (tertiary/aromatic N) is 2. The number of carbonyl (C=O) groups is 1. The van der Waals surface area contributed by atoms with E-state index in [-0.39, 0.29) is 11.7 Å². The zero-order valence-electron chi connectivity index (χ0n) is 11.3. The number of hydrogen-bond acceptors (Lipinski definition) is 4. The summed E-state index contributed by atoms with van der Waals surface area (Å²) in [6.07, 6.45) is 4.46. The molecule has 5 nitrogen and oxygen atoms in total. The minimum absolute atomic E-state index is 0.142. The zero-order chi connectivity index (χ0) is 13.9. The lowest BCUT2D eigenvalue weighted by molar-refractivity contribution is -0.115. The summed E-state index contributed by atoms with van der Waals surface area (Å²) in [4.78, 5) is 15.9. The number of nitrogens with one attached hydrogen (secondary N) is 2. The van der Waals surface area contributed by atoms with Crippen molar-refractivity contribution in [3.05, 3.63) is 53.5 Å². The molecule has 1 heterocycles. The molecular weight excluding hydrogens is 252 g/mol. The molecule has 1 aliphatic carbocycles. The van der Waals surface area contributed by atoms with Gasteiger partial charge in [0.15, 0.2) is 5.78 Å². The minimum Gasteiger partial charge on any atom is -0.328 e. The van der Waals surface area contributed by atoms with Crippen LogP contribution in [0, 0.1) is 6.92 Å². The van der Waals surface area contributed by atoms with Crippen molar-refractivity contribution >= 4 is 11.7 Å². The van der Waals surface area contributed by atoms with Gasteiger partial charge in [-0.3, -0.25) is 4.79 Å². The first-order chi connectivity index (χ1) is 9.70. The Morgan fingerprint density at radius 2 is 2.05 bits per heavy atom. The summed E-state index contributed by atoms with van der Waals surface area (Å²) in [6.45, 7) is 2.06. The Kier molecular flexibility index (Phi) is 3.33. The fourth-order valence-electron chi connectivity index (χ4n) is 2.47. The van der Waals surface area contributed by atoms with E-state index in [1.54, 1.807) is 6.08 Å². The predicted octanol–water partition coefficient (Wildman–Crippen LogP) is 2.56. The van der Waals surface area contributed by atoms with Crippen LogP contribution in [0.15, 0.2) is 42.4 Å². The molecule has 0 spiro atoms. The summed E-state index contributed by atoms with van der Waals surface area (Å²) < 4.78 is 0. The van der Waals surface area contributed by atoms with Crippen LogP contribution in [0.2, 0.25) is 0 Å². The van der Waals surface area contributed by atoms with Crippen molar-refractivity contribution in [1.29, 1.82) is 0 Å². The van der Waals surface area contributed by atoms with Crippen molar-refractivity contribution in [3.63, 3.8) is 0 Å². The second-order valence-corrected chi connectivity index (χ2v) is 5.11. The van der Waals surface area contributed by atoms with Gasteiger partial charge in [-0.2, -0.15) is 10.1 Å². The van der Waals surface area contributed by atoms with E-state index in [1.807, 2.05) is 0 Å². The van der Waals surface area contributed by atoms with Crippen LogP contribution in [-0.2, 0) is 4.79 Å². The van der Waals surface area contributed by atoms with E-state index in [1.165, 1.54) is 17.5 Å². The van der Waals surface area contributed by atoms with Crippen LogP contribution < -0.4 is 5.32 Å². The molecular formula is C15H16N4O. The normalized spacial score (nSPS) is 18.8. The highest BCUT2D eigenvalue weighted by molar-refractivity contribution is 5.92. The van der Waals surface area contributed by atoms with E-state index in [4.69, 9.17) is 0 Å². The fraction of sp³-hybridized carbons (Fsp3) is 0.267. The lowest BCUT2D eigenvalue weighted by Gasteiger charge is -2.22. The fourth-order valence-corrected chi connectivity index (χ4v) is 2.47. The van der Waals surface area contributed by atoms with Gasteiger partial charge in [-0.05, 0) is 24.8 Å². The van der Waals surface area contributed by atoms with E-state index in [0.29, 0.717) is 12.4 Å². The molecule has 102 valence electrons. The van der Waals surface area contributed by atoms with Crippen LogP contribution in [0.25, 0.3) is 0 Å². The van der Waals surface area contributed by atoms with Gasteiger partial charge >= 0.3 is 0 Å². The van der Waals surface area contributed by atoms with Gasteiger partial charge in [0.1, 0.15) is 6.33 Å². The molecule has 2 aromatic rings. The molecule has 1 atom stereocenters.